The van der Waals surface area contributed by atoms with Crippen LogP contribution in [0.1, 0.15) is 26.3 Å². The van der Waals surface area contributed by atoms with Gasteiger partial charge in [-0.1, -0.05) is 6.07 Å². The van der Waals surface area contributed by atoms with Gasteiger partial charge >= 0.3 is 0 Å². The van der Waals surface area contributed by atoms with E-state index in [1.165, 1.54) is 0 Å². The number of nitrogens with one attached hydrogen (secondary N) is 1. The third kappa shape index (κ3) is 2.66. The van der Waals surface area contributed by atoms with Crippen molar-refractivity contribution < 1.29 is 14.3 Å². The van der Waals surface area contributed by atoms with E-state index in [0.29, 0.717) is 24.7 Å². The van der Waals surface area contributed by atoms with E-state index in [1.807, 2.05) is 32.0 Å². The first-order valence-corrected chi connectivity index (χ1v) is 6.41. The minimum absolute atomic E-state index is 0.130. The van der Waals surface area contributed by atoms with E-state index in [2.05, 4.69) is 5.32 Å². The molecule has 1 heterocycles. The van der Waals surface area contributed by atoms with Crippen LogP contribution in [0.2, 0.25) is 0 Å². The Morgan fingerprint density at radius 2 is 1.95 bits per heavy atom. The van der Waals surface area contributed by atoms with E-state index in [4.69, 9.17) is 15.2 Å². The summed E-state index contributed by atoms with van der Waals surface area (Å²) < 4.78 is 11.0. The van der Waals surface area contributed by atoms with E-state index in [1.54, 1.807) is 6.92 Å². The van der Waals surface area contributed by atoms with Crippen LogP contribution in [0, 0.1) is 0 Å². The Bertz CT molecular complexity index is 488. The maximum Gasteiger partial charge on any atom is 0.242 e. The molecule has 104 valence electrons. The zero-order chi connectivity index (χ0) is 14.0. The summed E-state index contributed by atoms with van der Waals surface area (Å²) in [5.74, 6) is 0.936. The predicted octanol–water partition coefficient (Wildman–Crippen LogP) is 1.16. The minimum Gasteiger partial charge on any atom is -0.486 e. The molecule has 19 heavy (non-hydrogen) atoms. The summed E-state index contributed by atoms with van der Waals surface area (Å²) in [4.78, 5) is 11.8. The Labute approximate surface area is 113 Å². The van der Waals surface area contributed by atoms with Crippen molar-refractivity contribution in [3.8, 4) is 11.5 Å². The van der Waals surface area contributed by atoms with Crippen LogP contribution in [-0.4, -0.2) is 25.2 Å². The van der Waals surface area contributed by atoms with Crippen molar-refractivity contribution >= 4 is 5.91 Å². The van der Waals surface area contributed by atoms with Gasteiger partial charge in [-0.3, -0.25) is 10.1 Å². The molecule has 1 aromatic carbocycles. The highest BCUT2D eigenvalue weighted by Crippen LogP contribution is 2.34. The van der Waals surface area contributed by atoms with E-state index in [9.17, 15) is 4.79 Å². The molecule has 0 aliphatic carbocycles. The van der Waals surface area contributed by atoms with Gasteiger partial charge in [-0.15, -0.1) is 0 Å². The standard InChI is InChI=1S/C14H20N2O3/c1-9(2)16-14(3,13(15)17)10-4-5-11-12(8-10)19-7-6-18-11/h4-5,8-9,16H,6-7H2,1-3H3,(H2,15,17). The molecular formula is C14H20N2O3. The molecule has 1 atom stereocenters. The van der Waals surface area contributed by atoms with Gasteiger partial charge in [-0.05, 0) is 38.5 Å². The molecular weight excluding hydrogens is 244 g/mol. The molecule has 0 fully saturated rings. The Morgan fingerprint density at radius 3 is 2.53 bits per heavy atom. The predicted molar refractivity (Wildman–Crippen MR) is 72.3 cm³/mol. The fourth-order valence-electron chi connectivity index (χ4n) is 2.23. The van der Waals surface area contributed by atoms with Crippen LogP contribution in [0.15, 0.2) is 18.2 Å². The average molecular weight is 264 g/mol. The second-order valence-corrected chi connectivity index (χ2v) is 5.15. The first-order chi connectivity index (χ1) is 8.93. The molecule has 2 rings (SSSR count). The number of rotatable bonds is 4. The van der Waals surface area contributed by atoms with Crippen LogP contribution in [-0.2, 0) is 10.3 Å². The van der Waals surface area contributed by atoms with Crippen LogP contribution in [0.25, 0.3) is 0 Å². The summed E-state index contributed by atoms with van der Waals surface area (Å²) in [5.41, 5.74) is 5.40. The van der Waals surface area contributed by atoms with Crippen molar-refractivity contribution in [2.24, 2.45) is 5.73 Å². The van der Waals surface area contributed by atoms with Crippen LogP contribution in [0.4, 0.5) is 0 Å². The fourth-order valence-corrected chi connectivity index (χ4v) is 2.23. The monoisotopic (exact) mass is 264 g/mol. The Morgan fingerprint density at radius 1 is 1.32 bits per heavy atom. The number of fused-ring (bicyclic) bond motifs is 1. The lowest BCUT2D eigenvalue weighted by molar-refractivity contribution is -0.124. The molecule has 5 heteroatoms. The molecule has 0 saturated heterocycles. The highest BCUT2D eigenvalue weighted by molar-refractivity contribution is 5.86. The molecule has 3 N–H and O–H groups in total. The lowest BCUT2D eigenvalue weighted by Gasteiger charge is -2.31. The van der Waals surface area contributed by atoms with Crippen LogP contribution < -0.4 is 20.5 Å². The van der Waals surface area contributed by atoms with Gasteiger partial charge in [0.25, 0.3) is 0 Å². The number of hydrogen-bond donors (Lipinski definition) is 2. The molecule has 1 amide bonds. The molecule has 0 bridgehead atoms. The van der Waals surface area contributed by atoms with Crippen molar-refractivity contribution in [2.75, 3.05) is 13.2 Å². The Kier molecular flexibility index (Phi) is 3.66. The largest absolute Gasteiger partial charge is 0.486 e. The lowest BCUT2D eigenvalue weighted by atomic mass is 9.90. The third-order valence-electron chi connectivity index (χ3n) is 3.19. The second kappa shape index (κ2) is 5.09. The van der Waals surface area contributed by atoms with E-state index >= 15 is 0 Å². The summed E-state index contributed by atoms with van der Waals surface area (Å²) in [7, 11) is 0. The van der Waals surface area contributed by atoms with Gasteiger partial charge in [-0.2, -0.15) is 0 Å². The third-order valence-corrected chi connectivity index (χ3v) is 3.19. The summed E-state index contributed by atoms with van der Waals surface area (Å²) in [6, 6.07) is 5.60. The van der Waals surface area contributed by atoms with Gasteiger partial charge in [0, 0.05) is 6.04 Å². The number of primary amides is 1. The maximum absolute atomic E-state index is 11.8. The van der Waals surface area contributed by atoms with Crippen molar-refractivity contribution in [2.45, 2.75) is 32.4 Å². The first-order valence-electron chi connectivity index (χ1n) is 6.41. The van der Waals surface area contributed by atoms with Gasteiger partial charge in [0.1, 0.15) is 18.8 Å². The quantitative estimate of drug-likeness (QED) is 0.855. The molecule has 0 spiro atoms. The molecule has 0 saturated carbocycles. The van der Waals surface area contributed by atoms with Crippen molar-refractivity contribution in [3.05, 3.63) is 23.8 Å². The number of ether oxygens (including phenoxy) is 2. The number of nitrogens with two attached hydrogens (primary N) is 1. The number of carbonyl (C=O) groups is 1. The highest BCUT2D eigenvalue weighted by atomic mass is 16.6. The Hall–Kier alpha value is -1.75. The molecule has 0 aromatic heterocycles. The minimum atomic E-state index is -0.927. The zero-order valence-electron chi connectivity index (χ0n) is 11.5. The molecule has 1 unspecified atom stereocenters. The number of benzene rings is 1. The SMILES string of the molecule is CC(C)NC(C)(C(N)=O)c1ccc2c(c1)OCCO2. The fraction of sp³-hybridized carbons (Fsp3) is 0.500. The lowest BCUT2D eigenvalue weighted by Crippen LogP contribution is -2.52. The molecule has 1 aliphatic heterocycles. The molecule has 5 nitrogen and oxygen atoms in total. The number of hydrogen-bond acceptors (Lipinski definition) is 4. The number of carbonyl (C=O) groups excluding carboxylic acids is 1. The van der Waals surface area contributed by atoms with Crippen LogP contribution in [0.3, 0.4) is 0 Å². The van der Waals surface area contributed by atoms with Crippen molar-refractivity contribution in [3.63, 3.8) is 0 Å². The maximum atomic E-state index is 11.8. The Balaban J connectivity index is 2.39. The van der Waals surface area contributed by atoms with Crippen molar-refractivity contribution in [1.82, 2.24) is 5.32 Å². The van der Waals surface area contributed by atoms with Gasteiger partial charge in [0.05, 0.1) is 0 Å². The van der Waals surface area contributed by atoms with Gasteiger partial charge < -0.3 is 15.2 Å². The van der Waals surface area contributed by atoms with Crippen LogP contribution in [0.5, 0.6) is 11.5 Å². The summed E-state index contributed by atoms with van der Waals surface area (Å²) in [6.07, 6.45) is 0. The van der Waals surface area contributed by atoms with Crippen molar-refractivity contribution in [1.29, 1.82) is 0 Å². The molecule has 1 aliphatic rings. The zero-order valence-corrected chi connectivity index (χ0v) is 11.5. The number of amides is 1. The van der Waals surface area contributed by atoms with Gasteiger partial charge in [0.2, 0.25) is 5.91 Å². The smallest absolute Gasteiger partial charge is 0.242 e. The normalized spacial score (nSPS) is 17.1. The molecule has 0 radical (unpaired) electrons. The van der Waals surface area contributed by atoms with E-state index in [0.717, 1.165) is 5.56 Å². The van der Waals surface area contributed by atoms with Gasteiger partial charge in [0.15, 0.2) is 11.5 Å². The average Bonchev–Trinajstić information content (AvgIpc) is 2.37. The summed E-state index contributed by atoms with van der Waals surface area (Å²) in [5, 5.41) is 3.21. The summed E-state index contributed by atoms with van der Waals surface area (Å²) in [6.45, 7) is 6.78. The summed E-state index contributed by atoms with van der Waals surface area (Å²) >= 11 is 0. The van der Waals surface area contributed by atoms with Crippen LogP contribution >= 0.6 is 0 Å². The second-order valence-electron chi connectivity index (χ2n) is 5.15. The van der Waals surface area contributed by atoms with E-state index < -0.39 is 11.4 Å². The first kappa shape index (κ1) is 13.7. The van der Waals surface area contributed by atoms with Gasteiger partial charge in [-0.25, -0.2) is 0 Å². The molecule has 1 aromatic rings. The topological polar surface area (TPSA) is 73.6 Å². The highest BCUT2D eigenvalue weighted by Gasteiger charge is 2.34. The van der Waals surface area contributed by atoms with E-state index in [-0.39, 0.29) is 6.04 Å².